The number of hydrogen-bond donors (Lipinski definition) is 1. The lowest BCUT2D eigenvalue weighted by Gasteiger charge is -2.30. The van der Waals surface area contributed by atoms with Gasteiger partial charge in [-0.1, -0.05) is 19.9 Å². The fourth-order valence-corrected chi connectivity index (χ4v) is 2.48. The van der Waals surface area contributed by atoms with E-state index in [0.29, 0.717) is 5.41 Å². The van der Waals surface area contributed by atoms with Gasteiger partial charge in [0.2, 0.25) is 0 Å². The summed E-state index contributed by atoms with van der Waals surface area (Å²) in [5, 5.41) is 0. The second-order valence-electron chi connectivity index (χ2n) is 5.76. The summed E-state index contributed by atoms with van der Waals surface area (Å²) >= 11 is 0. The zero-order chi connectivity index (χ0) is 15.0. The van der Waals surface area contributed by atoms with Gasteiger partial charge in [-0.05, 0) is 49.8 Å². The van der Waals surface area contributed by atoms with Crippen LogP contribution in [0.1, 0.15) is 39.5 Å². The molecule has 0 saturated heterocycles. The van der Waals surface area contributed by atoms with Gasteiger partial charge in [0.25, 0.3) is 0 Å². The Kier molecular flexibility index (Phi) is 6.86. The minimum Gasteiger partial charge on any atom is -0.494 e. The van der Waals surface area contributed by atoms with E-state index in [1.165, 1.54) is 5.69 Å². The molecule has 0 fully saturated rings. The quantitative estimate of drug-likeness (QED) is 0.700. The van der Waals surface area contributed by atoms with Gasteiger partial charge in [-0.2, -0.15) is 0 Å². The van der Waals surface area contributed by atoms with Crippen LogP contribution in [0.15, 0.2) is 24.3 Å². The highest BCUT2D eigenvalue weighted by atomic mass is 16.5. The van der Waals surface area contributed by atoms with Crippen molar-refractivity contribution in [1.29, 1.82) is 0 Å². The van der Waals surface area contributed by atoms with Gasteiger partial charge in [-0.3, -0.25) is 0 Å². The van der Waals surface area contributed by atoms with E-state index in [4.69, 9.17) is 10.5 Å². The van der Waals surface area contributed by atoms with E-state index in [0.717, 1.165) is 44.6 Å². The summed E-state index contributed by atoms with van der Waals surface area (Å²) in [4.78, 5) is 2.08. The van der Waals surface area contributed by atoms with Crippen LogP contribution in [0.4, 0.5) is 5.69 Å². The molecule has 0 aromatic heterocycles. The van der Waals surface area contributed by atoms with Gasteiger partial charge >= 0.3 is 0 Å². The van der Waals surface area contributed by atoms with Crippen molar-refractivity contribution in [3.63, 3.8) is 0 Å². The molecule has 1 aromatic rings. The van der Waals surface area contributed by atoms with Crippen molar-refractivity contribution >= 4 is 5.69 Å². The van der Waals surface area contributed by atoms with Crippen LogP contribution in [0.5, 0.6) is 5.75 Å². The van der Waals surface area contributed by atoms with Gasteiger partial charge in [0.1, 0.15) is 5.75 Å². The van der Waals surface area contributed by atoms with Crippen LogP contribution in [0.2, 0.25) is 0 Å². The van der Waals surface area contributed by atoms with Crippen molar-refractivity contribution in [2.24, 2.45) is 11.1 Å². The van der Waals surface area contributed by atoms with E-state index in [1.807, 2.05) is 26.2 Å². The number of rotatable bonds is 9. The Balaban J connectivity index is 2.43. The Morgan fingerprint density at radius 2 is 1.90 bits per heavy atom. The van der Waals surface area contributed by atoms with Crippen LogP contribution < -0.4 is 15.4 Å². The molecule has 0 heterocycles. The lowest BCUT2D eigenvalue weighted by molar-refractivity contribution is 0.213. The summed E-state index contributed by atoms with van der Waals surface area (Å²) in [6.45, 7) is 6.00. The second kappa shape index (κ2) is 8.15. The smallest absolute Gasteiger partial charge is 0.121 e. The molecule has 1 rings (SSSR count). The number of hydrogen-bond acceptors (Lipinski definition) is 3. The van der Waals surface area contributed by atoms with Crippen LogP contribution in [0, 0.1) is 5.41 Å². The third-order valence-corrected chi connectivity index (χ3v) is 4.39. The van der Waals surface area contributed by atoms with E-state index < -0.39 is 0 Å². The first-order valence-electron chi connectivity index (χ1n) is 7.67. The Hall–Kier alpha value is -1.22. The molecule has 3 nitrogen and oxygen atoms in total. The molecule has 0 saturated carbocycles. The van der Waals surface area contributed by atoms with E-state index in [1.54, 1.807) is 0 Å². The summed E-state index contributed by atoms with van der Waals surface area (Å²) in [6.07, 6.45) is 4.50. The molecule has 0 radical (unpaired) electrons. The van der Waals surface area contributed by atoms with Gasteiger partial charge in [0.05, 0.1) is 6.61 Å². The van der Waals surface area contributed by atoms with Crippen molar-refractivity contribution < 1.29 is 4.74 Å². The second-order valence-corrected chi connectivity index (χ2v) is 5.76. The van der Waals surface area contributed by atoms with E-state index in [9.17, 15) is 0 Å². The summed E-state index contributed by atoms with van der Waals surface area (Å²) in [7, 11) is 4.08. The maximum Gasteiger partial charge on any atom is 0.121 e. The third-order valence-electron chi connectivity index (χ3n) is 4.39. The fraction of sp³-hybridized carbons (Fsp3) is 0.647. The van der Waals surface area contributed by atoms with Crippen molar-refractivity contribution in [3.05, 3.63) is 24.3 Å². The Labute approximate surface area is 124 Å². The van der Waals surface area contributed by atoms with Crippen LogP contribution in [0.3, 0.4) is 0 Å². The summed E-state index contributed by atoms with van der Waals surface area (Å²) < 4.78 is 5.86. The molecule has 114 valence electrons. The third kappa shape index (κ3) is 4.71. The highest BCUT2D eigenvalue weighted by Crippen LogP contribution is 2.30. The first kappa shape index (κ1) is 16.8. The Bertz CT molecular complexity index is 378. The monoisotopic (exact) mass is 278 g/mol. The summed E-state index contributed by atoms with van der Waals surface area (Å²) in [5.41, 5.74) is 7.40. The molecule has 0 aliphatic rings. The van der Waals surface area contributed by atoms with Crippen molar-refractivity contribution in [2.45, 2.75) is 39.5 Å². The van der Waals surface area contributed by atoms with Gasteiger partial charge in [-0.25, -0.2) is 0 Å². The SMILES string of the molecule is CCC(CC)(CN)CCCOc1cccc(N(C)C)c1. The minimum atomic E-state index is 0.300. The van der Waals surface area contributed by atoms with Gasteiger partial charge < -0.3 is 15.4 Å². The van der Waals surface area contributed by atoms with Crippen LogP contribution in [0.25, 0.3) is 0 Å². The fourth-order valence-electron chi connectivity index (χ4n) is 2.48. The normalized spacial score (nSPS) is 11.4. The zero-order valence-corrected chi connectivity index (χ0v) is 13.5. The largest absolute Gasteiger partial charge is 0.494 e. The predicted molar refractivity (Wildman–Crippen MR) is 87.6 cm³/mol. The lowest BCUT2D eigenvalue weighted by atomic mass is 9.78. The Morgan fingerprint density at radius 1 is 1.20 bits per heavy atom. The van der Waals surface area contributed by atoms with Gasteiger partial charge in [0.15, 0.2) is 0 Å². The molecule has 0 aliphatic heterocycles. The molecule has 0 unspecified atom stereocenters. The van der Waals surface area contributed by atoms with Crippen molar-refractivity contribution in [3.8, 4) is 5.75 Å². The molecule has 3 heteroatoms. The average Bonchev–Trinajstić information content (AvgIpc) is 2.48. The van der Waals surface area contributed by atoms with Crippen LogP contribution in [-0.4, -0.2) is 27.2 Å². The minimum absolute atomic E-state index is 0.300. The lowest BCUT2D eigenvalue weighted by Crippen LogP contribution is -2.29. The first-order valence-corrected chi connectivity index (χ1v) is 7.67. The van der Waals surface area contributed by atoms with Crippen LogP contribution >= 0.6 is 0 Å². The first-order chi connectivity index (χ1) is 9.56. The van der Waals surface area contributed by atoms with Gasteiger partial charge in [0, 0.05) is 25.8 Å². The van der Waals surface area contributed by atoms with E-state index in [2.05, 4.69) is 30.9 Å². The Morgan fingerprint density at radius 3 is 2.45 bits per heavy atom. The molecule has 0 amide bonds. The topological polar surface area (TPSA) is 38.5 Å². The van der Waals surface area contributed by atoms with E-state index in [-0.39, 0.29) is 0 Å². The standard InChI is InChI=1S/C17H30N2O/c1-5-17(6-2,14-18)11-8-12-20-16-10-7-9-15(13-16)19(3)4/h7,9-10,13H,5-6,8,11-12,14,18H2,1-4H3. The highest BCUT2D eigenvalue weighted by Gasteiger charge is 2.23. The number of nitrogens with zero attached hydrogens (tertiary/aromatic N) is 1. The number of ether oxygens (including phenoxy) is 1. The summed E-state index contributed by atoms with van der Waals surface area (Å²) in [5.74, 6) is 0.947. The molecule has 0 bridgehead atoms. The molecule has 0 spiro atoms. The average molecular weight is 278 g/mol. The molecule has 0 atom stereocenters. The van der Waals surface area contributed by atoms with Gasteiger partial charge in [-0.15, -0.1) is 0 Å². The molecule has 20 heavy (non-hydrogen) atoms. The highest BCUT2D eigenvalue weighted by molar-refractivity contribution is 5.49. The maximum atomic E-state index is 5.93. The predicted octanol–water partition coefficient (Wildman–Crippen LogP) is 3.68. The van der Waals surface area contributed by atoms with Crippen LogP contribution in [-0.2, 0) is 0 Å². The molecule has 2 N–H and O–H groups in total. The number of benzene rings is 1. The molecular formula is C17H30N2O. The van der Waals surface area contributed by atoms with Crippen molar-refractivity contribution in [1.82, 2.24) is 0 Å². The summed E-state index contributed by atoms with van der Waals surface area (Å²) in [6, 6.07) is 8.21. The molecule has 0 aliphatic carbocycles. The molecule has 1 aromatic carbocycles. The number of nitrogens with two attached hydrogens (primary N) is 1. The zero-order valence-electron chi connectivity index (χ0n) is 13.5. The maximum absolute atomic E-state index is 5.93. The number of anilines is 1. The van der Waals surface area contributed by atoms with E-state index >= 15 is 0 Å². The van der Waals surface area contributed by atoms with Crippen molar-refractivity contribution in [2.75, 3.05) is 32.1 Å². The molecular weight excluding hydrogens is 248 g/mol.